The Morgan fingerprint density at radius 3 is 2.40 bits per heavy atom. The minimum Gasteiger partial charge on any atom is -0.481 e. The van der Waals surface area contributed by atoms with Gasteiger partial charge in [-0.05, 0) is 24.2 Å². The third kappa shape index (κ3) is 1.78. The summed E-state index contributed by atoms with van der Waals surface area (Å²) in [6.07, 6.45) is 2.61. The maximum absolute atomic E-state index is 10.8. The van der Waals surface area contributed by atoms with E-state index in [-0.39, 0.29) is 5.92 Å². The SMILES string of the molecule is CC(C(=O)O)C1CN(C2CCC2(C)C)C1. The van der Waals surface area contributed by atoms with Gasteiger partial charge in [-0.2, -0.15) is 0 Å². The first kappa shape index (κ1) is 10.9. The van der Waals surface area contributed by atoms with Crippen LogP contribution in [0.15, 0.2) is 0 Å². The standard InChI is InChI=1S/C12H21NO2/c1-8(11(14)15)9-6-13(7-9)10-4-5-12(10,2)3/h8-10H,4-7H2,1-3H3,(H,14,15). The van der Waals surface area contributed by atoms with Crippen LogP contribution in [0, 0.1) is 17.3 Å². The van der Waals surface area contributed by atoms with E-state index in [1.54, 1.807) is 0 Å². The monoisotopic (exact) mass is 211 g/mol. The molecule has 86 valence electrons. The number of hydrogen-bond acceptors (Lipinski definition) is 2. The second-order valence-corrected chi connectivity index (χ2v) is 5.88. The molecule has 3 heteroatoms. The van der Waals surface area contributed by atoms with Gasteiger partial charge in [0, 0.05) is 19.1 Å². The Labute approximate surface area is 91.5 Å². The van der Waals surface area contributed by atoms with Crippen molar-refractivity contribution in [3.8, 4) is 0 Å². The van der Waals surface area contributed by atoms with Gasteiger partial charge in [-0.15, -0.1) is 0 Å². The summed E-state index contributed by atoms with van der Waals surface area (Å²) in [5.74, 6) is -0.448. The van der Waals surface area contributed by atoms with E-state index in [1.807, 2.05) is 6.92 Å². The Kier molecular flexibility index (Phi) is 2.53. The number of carboxylic acid groups (broad SMARTS) is 1. The molecule has 2 atom stereocenters. The van der Waals surface area contributed by atoms with Gasteiger partial charge in [0.25, 0.3) is 0 Å². The highest BCUT2D eigenvalue weighted by atomic mass is 16.4. The Bertz CT molecular complexity index is 269. The zero-order valence-corrected chi connectivity index (χ0v) is 9.86. The molecule has 0 aromatic carbocycles. The minimum atomic E-state index is -0.646. The summed E-state index contributed by atoms with van der Waals surface area (Å²) in [5.41, 5.74) is 0.456. The lowest BCUT2D eigenvalue weighted by Crippen LogP contribution is -2.62. The Morgan fingerprint density at radius 2 is 2.07 bits per heavy atom. The highest BCUT2D eigenvalue weighted by Gasteiger charge is 2.47. The molecule has 15 heavy (non-hydrogen) atoms. The number of carboxylic acids is 1. The van der Waals surface area contributed by atoms with Gasteiger partial charge >= 0.3 is 5.97 Å². The average Bonchev–Trinajstić information content (AvgIpc) is 2.07. The zero-order valence-electron chi connectivity index (χ0n) is 9.86. The summed E-state index contributed by atoms with van der Waals surface area (Å²) in [6.45, 7) is 8.43. The topological polar surface area (TPSA) is 40.5 Å². The summed E-state index contributed by atoms with van der Waals surface area (Å²) in [6, 6.07) is 0.703. The van der Waals surface area contributed by atoms with Crippen LogP contribution in [0.1, 0.15) is 33.6 Å². The third-order valence-electron chi connectivity index (χ3n) is 4.44. The molecular weight excluding hydrogens is 190 g/mol. The molecule has 0 spiro atoms. The van der Waals surface area contributed by atoms with Gasteiger partial charge in [-0.1, -0.05) is 20.8 Å². The van der Waals surface area contributed by atoms with Crippen LogP contribution in [-0.4, -0.2) is 35.1 Å². The fourth-order valence-electron chi connectivity index (χ4n) is 2.85. The van der Waals surface area contributed by atoms with Gasteiger partial charge < -0.3 is 5.11 Å². The van der Waals surface area contributed by atoms with Gasteiger partial charge in [0.15, 0.2) is 0 Å². The first-order valence-corrected chi connectivity index (χ1v) is 5.88. The molecule has 1 aliphatic heterocycles. The van der Waals surface area contributed by atoms with Crippen molar-refractivity contribution in [2.24, 2.45) is 17.3 Å². The lowest BCUT2D eigenvalue weighted by atomic mass is 9.65. The molecule has 2 rings (SSSR count). The smallest absolute Gasteiger partial charge is 0.306 e. The molecule has 0 bridgehead atoms. The van der Waals surface area contributed by atoms with Crippen molar-refractivity contribution in [2.45, 2.75) is 39.7 Å². The molecule has 1 saturated carbocycles. The maximum atomic E-state index is 10.8. The van der Waals surface area contributed by atoms with Gasteiger partial charge in [0.05, 0.1) is 5.92 Å². The molecule has 2 aliphatic rings. The summed E-state index contributed by atoms with van der Waals surface area (Å²) >= 11 is 0. The van der Waals surface area contributed by atoms with Crippen molar-refractivity contribution in [3.05, 3.63) is 0 Å². The zero-order chi connectivity index (χ0) is 11.2. The van der Waals surface area contributed by atoms with E-state index in [2.05, 4.69) is 18.7 Å². The van der Waals surface area contributed by atoms with E-state index in [9.17, 15) is 4.79 Å². The highest BCUT2D eigenvalue weighted by Crippen LogP contribution is 2.46. The molecule has 2 unspecified atom stereocenters. The summed E-state index contributed by atoms with van der Waals surface area (Å²) in [7, 11) is 0. The first-order valence-electron chi connectivity index (χ1n) is 5.88. The van der Waals surface area contributed by atoms with E-state index < -0.39 is 5.97 Å². The lowest BCUT2D eigenvalue weighted by Gasteiger charge is -2.56. The quantitative estimate of drug-likeness (QED) is 0.774. The van der Waals surface area contributed by atoms with Gasteiger partial charge in [0.1, 0.15) is 0 Å². The van der Waals surface area contributed by atoms with E-state index in [0.717, 1.165) is 13.1 Å². The molecule has 1 aliphatic carbocycles. The largest absolute Gasteiger partial charge is 0.481 e. The molecule has 0 aromatic rings. The predicted octanol–water partition coefficient (Wildman–Crippen LogP) is 1.83. The summed E-state index contributed by atoms with van der Waals surface area (Å²) < 4.78 is 0. The van der Waals surface area contributed by atoms with E-state index in [4.69, 9.17) is 5.11 Å². The lowest BCUT2D eigenvalue weighted by molar-refractivity contribution is -0.148. The second kappa shape index (κ2) is 3.48. The van der Waals surface area contributed by atoms with Crippen LogP contribution in [-0.2, 0) is 4.79 Å². The van der Waals surface area contributed by atoms with Gasteiger partial charge in [0.2, 0.25) is 0 Å². The van der Waals surface area contributed by atoms with Crippen molar-refractivity contribution in [1.82, 2.24) is 4.90 Å². The number of likely N-dealkylation sites (tertiary alicyclic amines) is 1. The van der Waals surface area contributed by atoms with Crippen LogP contribution in [0.25, 0.3) is 0 Å². The minimum absolute atomic E-state index is 0.176. The first-order chi connectivity index (χ1) is 6.92. The van der Waals surface area contributed by atoms with Crippen LogP contribution < -0.4 is 0 Å². The normalized spacial score (nSPS) is 32.9. The Balaban J connectivity index is 1.81. The van der Waals surface area contributed by atoms with Crippen molar-refractivity contribution < 1.29 is 9.90 Å². The molecule has 1 saturated heterocycles. The Hall–Kier alpha value is -0.570. The van der Waals surface area contributed by atoms with E-state index in [1.165, 1.54) is 12.8 Å². The molecule has 1 heterocycles. The number of hydrogen-bond donors (Lipinski definition) is 1. The van der Waals surface area contributed by atoms with Crippen LogP contribution >= 0.6 is 0 Å². The van der Waals surface area contributed by atoms with Crippen LogP contribution in [0.4, 0.5) is 0 Å². The molecule has 0 radical (unpaired) electrons. The van der Waals surface area contributed by atoms with E-state index in [0.29, 0.717) is 17.4 Å². The summed E-state index contributed by atoms with van der Waals surface area (Å²) in [5, 5.41) is 8.90. The predicted molar refractivity (Wildman–Crippen MR) is 58.7 cm³/mol. The van der Waals surface area contributed by atoms with Gasteiger partial charge in [-0.3, -0.25) is 9.69 Å². The van der Waals surface area contributed by atoms with Gasteiger partial charge in [-0.25, -0.2) is 0 Å². The number of rotatable bonds is 3. The van der Waals surface area contributed by atoms with Crippen molar-refractivity contribution >= 4 is 5.97 Å². The maximum Gasteiger partial charge on any atom is 0.306 e. The van der Waals surface area contributed by atoms with E-state index >= 15 is 0 Å². The second-order valence-electron chi connectivity index (χ2n) is 5.88. The molecule has 3 nitrogen and oxygen atoms in total. The number of nitrogens with zero attached hydrogens (tertiary/aromatic N) is 1. The summed E-state index contributed by atoms with van der Waals surface area (Å²) in [4.78, 5) is 13.3. The Morgan fingerprint density at radius 1 is 1.47 bits per heavy atom. The number of aliphatic carboxylic acids is 1. The van der Waals surface area contributed by atoms with Crippen LogP contribution in [0.5, 0.6) is 0 Å². The molecule has 0 aromatic heterocycles. The fraction of sp³-hybridized carbons (Fsp3) is 0.917. The average molecular weight is 211 g/mol. The van der Waals surface area contributed by atoms with Crippen molar-refractivity contribution in [2.75, 3.05) is 13.1 Å². The molecular formula is C12H21NO2. The molecule has 1 N–H and O–H groups in total. The van der Waals surface area contributed by atoms with Crippen LogP contribution in [0.3, 0.4) is 0 Å². The molecule has 0 amide bonds. The highest BCUT2D eigenvalue weighted by molar-refractivity contribution is 5.70. The van der Waals surface area contributed by atoms with Crippen molar-refractivity contribution in [1.29, 1.82) is 0 Å². The number of carbonyl (C=O) groups is 1. The fourth-order valence-corrected chi connectivity index (χ4v) is 2.85. The van der Waals surface area contributed by atoms with Crippen LogP contribution in [0.2, 0.25) is 0 Å². The van der Waals surface area contributed by atoms with Crippen molar-refractivity contribution in [3.63, 3.8) is 0 Å². The molecule has 2 fully saturated rings. The third-order valence-corrected chi connectivity index (χ3v) is 4.44.